The first-order chi connectivity index (χ1) is 13.6. The third-order valence-electron chi connectivity index (χ3n) is 4.48. The molecule has 142 valence electrons. The van der Waals surface area contributed by atoms with Gasteiger partial charge >= 0.3 is 0 Å². The van der Waals surface area contributed by atoms with Crippen LogP contribution in [0.3, 0.4) is 0 Å². The first-order valence-electron chi connectivity index (χ1n) is 8.57. The van der Waals surface area contributed by atoms with Gasteiger partial charge in [0.1, 0.15) is 6.61 Å². The zero-order valence-corrected chi connectivity index (χ0v) is 15.7. The molecule has 0 bridgehead atoms. The number of nitrogens with zero attached hydrogens (tertiary/aromatic N) is 1. The van der Waals surface area contributed by atoms with Crippen molar-refractivity contribution in [2.24, 2.45) is 10.7 Å². The van der Waals surface area contributed by atoms with Gasteiger partial charge in [-0.2, -0.15) is 0 Å². The van der Waals surface area contributed by atoms with Crippen molar-refractivity contribution in [3.63, 3.8) is 0 Å². The van der Waals surface area contributed by atoms with Crippen LogP contribution < -0.4 is 5.73 Å². The Kier molecular flexibility index (Phi) is 5.96. The Hall–Kier alpha value is -3.31. The standard InChI is InChI=1S/C21H17ClN2O.CH2O2/c22-19-11-5-7-16(13-19)15-6-4-10-18(12-15)21(14-25-20(23)24-21)17-8-2-1-3-9-17;2-1-3/h1-13H,14H2,(H2,23,24);1H,(H,2,3). The van der Waals surface area contributed by atoms with Crippen LogP contribution in [0.1, 0.15) is 11.1 Å². The lowest BCUT2D eigenvalue weighted by molar-refractivity contribution is -0.122. The Morgan fingerprint density at radius 2 is 1.57 bits per heavy atom. The van der Waals surface area contributed by atoms with Gasteiger partial charge in [0, 0.05) is 5.02 Å². The average Bonchev–Trinajstić information content (AvgIpc) is 3.12. The zero-order chi connectivity index (χ0) is 20.0. The third-order valence-corrected chi connectivity index (χ3v) is 4.71. The number of ether oxygens (including phenoxy) is 1. The molecule has 0 radical (unpaired) electrons. The van der Waals surface area contributed by atoms with Gasteiger partial charge in [-0.15, -0.1) is 0 Å². The maximum absolute atomic E-state index is 8.36. The highest BCUT2D eigenvalue weighted by Gasteiger charge is 2.40. The van der Waals surface area contributed by atoms with Crippen molar-refractivity contribution in [2.75, 3.05) is 6.61 Å². The number of rotatable bonds is 3. The molecule has 0 saturated heterocycles. The molecule has 5 nitrogen and oxygen atoms in total. The fourth-order valence-electron chi connectivity index (χ4n) is 3.23. The van der Waals surface area contributed by atoms with Gasteiger partial charge in [0.05, 0.1) is 0 Å². The number of hydrogen-bond donors (Lipinski definition) is 2. The fraction of sp³-hybridized carbons (Fsp3) is 0.0909. The van der Waals surface area contributed by atoms with E-state index in [-0.39, 0.29) is 12.5 Å². The third kappa shape index (κ3) is 4.00. The Morgan fingerprint density at radius 3 is 2.18 bits per heavy atom. The van der Waals surface area contributed by atoms with E-state index < -0.39 is 5.54 Å². The summed E-state index contributed by atoms with van der Waals surface area (Å²) >= 11 is 6.15. The monoisotopic (exact) mass is 394 g/mol. The molecule has 0 saturated carbocycles. The number of benzene rings is 3. The van der Waals surface area contributed by atoms with Crippen LogP contribution in [-0.4, -0.2) is 24.2 Å². The van der Waals surface area contributed by atoms with Crippen molar-refractivity contribution in [1.29, 1.82) is 0 Å². The second-order valence-electron chi connectivity index (χ2n) is 6.16. The minimum Gasteiger partial charge on any atom is -0.483 e. The normalized spacial score (nSPS) is 17.7. The van der Waals surface area contributed by atoms with Crippen molar-refractivity contribution in [1.82, 2.24) is 0 Å². The highest BCUT2D eigenvalue weighted by molar-refractivity contribution is 6.30. The minimum absolute atomic E-state index is 0.219. The van der Waals surface area contributed by atoms with Crippen LogP contribution in [-0.2, 0) is 15.1 Å². The second kappa shape index (κ2) is 8.59. The van der Waals surface area contributed by atoms with Crippen LogP contribution in [0.25, 0.3) is 11.1 Å². The Labute approximate surface area is 168 Å². The number of halogens is 1. The van der Waals surface area contributed by atoms with Crippen molar-refractivity contribution < 1.29 is 14.6 Å². The maximum Gasteiger partial charge on any atom is 0.290 e. The summed E-state index contributed by atoms with van der Waals surface area (Å²) < 4.78 is 5.55. The summed E-state index contributed by atoms with van der Waals surface area (Å²) in [4.78, 5) is 13.0. The van der Waals surface area contributed by atoms with E-state index in [4.69, 9.17) is 32.0 Å². The molecule has 1 unspecified atom stereocenters. The Bertz CT molecular complexity index is 992. The Balaban J connectivity index is 0.000000706. The molecule has 0 fully saturated rings. The van der Waals surface area contributed by atoms with Crippen molar-refractivity contribution in [2.45, 2.75) is 5.54 Å². The largest absolute Gasteiger partial charge is 0.483 e. The second-order valence-corrected chi connectivity index (χ2v) is 6.60. The van der Waals surface area contributed by atoms with E-state index in [0.29, 0.717) is 11.6 Å². The maximum atomic E-state index is 8.36. The molecular formula is C22H19ClN2O3. The molecule has 1 aliphatic rings. The van der Waals surface area contributed by atoms with Gasteiger partial charge in [0.25, 0.3) is 12.5 Å². The molecule has 3 aromatic carbocycles. The number of hydrogen-bond acceptors (Lipinski definition) is 4. The molecule has 1 aliphatic heterocycles. The molecule has 3 aromatic rings. The molecule has 6 heteroatoms. The minimum atomic E-state index is -0.625. The number of carboxylic acid groups (broad SMARTS) is 1. The van der Waals surface area contributed by atoms with Crippen LogP contribution in [0.4, 0.5) is 0 Å². The van der Waals surface area contributed by atoms with Gasteiger partial charge in [0.2, 0.25) is 0 Å². The molecule has 28 heavy (non-hydrogen) atoms. The molecule has 1 heterocycles. The van der Waals surface area contributed by atoms with Crippen LogP contribution >= 0.6 is 11.6 Å². The number of amidine groups is 1. The van der Waals surface area contributed by atoms with E-state index in [0.717, 1.165) is 22.3 Å². The summed E-state index contributed by atoms with van der Waals surface area (Å²) in [6, 6.07) is 26.4. The topological polar surface area (TPSA) is 84.9 Å². The smallest absolute Gasteiger partial charge is 0.290 e. The molecule has 1 atom stereocenters. The lowest BCUT2D eigenvalue weighted by atomic mass is 9.83. The molecule has 0 aliphatic carbocycles. The van der Waals surface area contributed by atoms with E-state index in [2.05, 4.69) is 35.3 Å². The van der Waals surface area contributed by atoms with Gasteiger partial charge < -0.3 is 15.6 Å². The summed E-state index contributed by atoms with van der Waals surface area (Å²) in [5.41, 5.74) is 9.48. The number of carbonyl (C=O) groups is 1. The van der Waals surface area contributed by atoms with E-state index >= 15 is 0 Å². The van der Waals surface area contributed by atoms with Crippen molar-refractivity contribution in [3.8, 4) is 11.1 Å². The first-order valence-corrected chi connectivity index (χ1v) is 8.95. The first kappa shape index (κ1) is 19.5. The lowest BCUT2D eigenvalue weighted by Crippen LogP contribution is -2.27. The lowest BCUT2D eigenvalue weighted by Gasteiger charge is -2.25. The predicted molar refractivity (Wildman–Crippen MR) is 110 cm³/mol. The fourth-order valence-corrected chi connectivity index (χ4v) is 3.42. The summed E-state index contributed by atoms with van der Waals surface area (Å²) in [7, 11) is 0. The van der Waals surface area contributed by atoms with Crippen LogP contribution in [0, 0.1) is 0 Å². The average molecular weight is 395 g/mol. The van der Waals surface area contributed by atoms with Crippen LogP contribution in [0.15, 0.2) is 83.9 Å². The molecule has 4 rings (SSSR count). The quantitative estimate of drug-likeness (QED) is 0.649. The van der Waals surface area contributed by atoms with E-state index in [9.17, 15) is 0 Å². The van der Waals surface area contributed by atoms with Gasteiger partial charge in [-0.3, -0.25) is 4.79 Å². The van der Waals surface area contributed by atoms with Gasteiger partial charge in [-0.1, -0.05) is 72.3 Å². The summed E-state index contributed by atoms with van der Waals surface area (Å²) in [6.45, 7) is 0.141. The molecule has 0 aromatic heterocycles. The highest BCUT2D eigenvalue weighted by Crippen LogP contribution is 2.38. The van der Waals surface area contributed by atoms with Crippen molar-refractivity contribution >= 4 is 24.1 Å². The van der Waals surface area contributed by atoms with Crippen LogP contribution in [0.5, 0.6) is 0 Å². The molecule has 0 spiro atoms. The number of nitrogens with two attached hydrogens (primary N) is 1. The predicted octanol–water partition coefficient (Wildman–Crippen LogP) is 4.30. The summed E-state index contributed by atoms with van der Waals surface area (Å²) in [5.74, 6) is 0. The zero-order valence-electron chi connectivity index (χ0n) is 15.0. The van der Waals surface area contributed by atoms with Gasteiger partial charge in [-0.05, 0) is 40.5 Å². The molecular weight excluding hydrogens is 376 g/mol. The highest BCUT2D eigenvalue weighted by atomic mass is 35.5. The van der Waals surface area contributed by atoms with Crippen molar-refractivity contribution in [3.05, 3.63) is 95.0 Å². The SMILES string of the molecule is NC1=NC(c2ccccc2)(c2cccc(-c3cccc(Cl)c3)c2)CO1.O=CO. The van der Waals surface area contributed by atoms with Crippen LogP contribution in [0.2, 0.25) is 5.02 Å². The van der Waals surface area contributed by atoms with Gasteiger partial charge in [-0.25, -0.2) is 4.99 Å². The van der Waals surface area contributed by atoms with E-state index in [1.165, 1.54) is 0 Å². The molecule has 3 N–H and O–H groups in total. The summed E-state index contributed by atoms with van der Waals surface area (Å²) in [5, 5.41) is 7.60. The van der Waals surface area contributed by atoms with E-state index in [1.807, 2.05) is 48.5 Å². The molecule has 0 amide bonds. The number of aliphatic imine (C=N–C) groups is 1. The Morgan fingerprint density at radius 1 is 0.964 bits per heavy atom. The van der Waals surface area contributed by atoms with Gasteiger partial charge in [0.15, 0.2) is 5.54 Å². The summed E-state index contributed by atoms with van der Waals surface area (Å²) in [6.07, 6.45) is 0. The van der Waals surface area contributed by atoms with E-state index in [1.54, 1.807) is 0 Å².